The van der Waals surface area contributed by atoms with Crippen LogP contribution in [0.1, 0.15) is 15.9 Å². The molecule has 0 aliphatic heterocycles. The number of primary amides is 1. The van der Waals surface area contributed by atoms with Gasteiger partial charge in [-0.25, -0.2) is 0 Å². The molecule has 0 aromatic heterocycles. The van der Waals surface area contributed by atoms with Gasteiger partial charge in [0.1, 0.15) is 0 Å². The lowest BCUT2D eigenvalue weighted by atomic mass is 10.1. The fourth-order valence-electron chi connectivity index (χ4n) is 1.91. The molecule has 0 atom stereocenters. The number of amides is 1. The van der Waals surface area contributed by atoms with Gasteiger partial charge in [-0.1, -0.05) is 30.3 Å². The maximum Gasteiger partial charge on any atom is 0.250 e. The van der Waals surface area contributed by atoms with Gasteiger partial charge in [0.05, 0.1) is 5.56 Å². The number of rotatable bonds is 5. The molecule has 0 spiro atoms. The number of carbonyl (C=O) groups is 1. The van der Waals surface area contributed by atoms with Crippen LogP contribution in [-0.4, -0.2) is 12.5 Å². The molecule has 0 bridgehead atoms. The van der Waals surface area contributed by atoms with Crippen molar-refractivity contribution >= 4 is 17.3 Å². The first-order valence-corrected chi connectivity index (χ1v) is 6.14. The highest BCUT2D eigenvalue weighted by Gasteiger charge is 2.07. The summed E-state index contributed by atoms with van der Waals surface area (Å²) in [4.78, 5) is 11.3. The fraction of sp³-hybridized carbons (Fsp3) is 0.133. The SMILES string of the molecule is NC(=O)c1ccc(N)cc1NCCc1ccccc1. The summed E-state index contributed by atoms with van der Waals surface area (Å²) in [5.74, 6) is -0.456. The summed E-state index contributed by atoms with van der Waals surface area (Å²) in [6, 6.07) is 15.2. The van der Waals surface area contributed by atoms with E-state index in [-0.39, 0.29) is 0 Å². The first-order valence-electron chi connectivity index (χ1n) is 6.14. The molecule has 1 amide bonds. The zero-order valence-electron chi connectivity index (χ0n) is 10.6. The van der Waals surface area contributed by atoms with E-state index in [0.717, 1.165) is 6.42 Å². The third-order valence-corrected chi connectivity index (χ3v) is 2.88. The number of benzene rings is 2. The molecule has 0 saturated carbocycles. The van der Waals surface area contributed by atoms with Crippen LogP contribution in [0.25, 0.3) is 0 Å². The van der Waals surface area contributed by atoms with Crippen molar-refractivity contribution in [2.75, 3.05) is 17.6 Å². The van der Waals surface area contributed by atoms with Gasteiger partial charge >= 0.3 is 0 Å². The molecule has 0 aliphatic rings. The maximum absolute atomic E-state index is 11.3. The molecule has 0 unspecified atom stereocenters. The van der Waals surface area contributed by atoms with Crippen LogP contribution < -0.4 is 16.8 Å². The second-order valence-electron chi connectivity index (χ2n) is 4.33. The molecular weight excluding hydrogens is 238 g/mol. The molecule has 0 fully saturated rings. The molecule has 98 valence electrons. The van der Waals surface area contributed by atoms with Crippen molar-refractivity contribution in [2.24, 2.45) is 5.73 Å². The number of hydrogen-bond acceptors (Lipinski definition) is 3. The van der Waals surface area contributed by atoms with Gasteiger partial charge in [-0.15, -0.1) is 0 Å². The van der Waals surface area contributed by atoms with Crippen molar-refractivity contribution in [2.45, 2.75) is 6.42 Å². The van der Waals surface area contributed by atoms with Crippen molar-refractivity contribution in [3.8, 4) is 0 Å². The molecule has 4 heteroatoms. The molecule has 2 rings (SSSR count). The number of nitrogens with two attached hydrogens (primary N) is 2. The van der Waals surface area contributed by atoms with E-state index in [0.29, 0.717) is 23.5 Å². The zero-order valence-corrected chi connectivity index (χ0v) is 10.6. The van der Waals surface area contributed by atoms with Gasteiger partial charge in [-0.05, 0) is 30.2 Å². The highest BCUT2D eigenvalue weighted by atomic mass is 16.1. The fourth-order valence-corrected chi connectivity index (χ4v) is 1.91. The third kappa shape index (κ3) is 3.48. The molecule has 0 saturated heterocycles. The van der Waals surface area contributed by atoms with Crippen LogP contribution in [0.5, 0.6) is 0 Å². The van der Waals surface area contributed by atoms with Crippen molar-refractivity contribution < 1.29 is 4.79 Å². The van der Waals surface area contributed by atoms with Gasteiger partial charge in [-0.3, -0.25) is 4.79 Å². The summed E-state index contributed by atoms with van der Waals surface area (Å²) in [6.45, 7) is 0.716. The minimum absolute atomic E-state index is 0.456. The van der Waals surface area contributed by atoms with Gasteiger partial charge in [0, 0.05) is 17.9 Å². The zero-order chi connectivity index (χ0) is 13.7. The summed E-state index contributed by atoms with van der Waals surface area (Å²) in [5.41, 5.74) is 14.0. The van der Waals surface area contributed by atoms with E-state index in [1.54, 1.807) is 18.2 Å². The average Bonchev–Trinajstić information content (AvgIpc) is 2.39. The van der Waals surface area contributed by atoms with Crippen LogP contribution in [-0.2, 0) is 6.42 Å². The summed E-state index contributed by atoms with van der Waals surface area (Å²) in [6.07, 6.45) is 0.869. The van der Waals surface area contributed by atoms with E-state index in [4.69, 9.17) is 11.5 Å². The lowest BCUT2D eigenvalue weighted by Crippen LogP contribution is -2.15. The van der Waals surface area contributed by atoms with E-state index in [1.807, 2.05) is 18.2 Å². The molecule has 2 aromatic carbocycles. The predicted molar refractivity (Wildman–Crippen MR) is 78.0 cm³/mol. The Morgan fingerprint density at radius 1 is 1.11 bits per heavy atom. The molecular formula is C15H17N3O. The van der Waals surface area contributed by atoms with E-state index in [1.165, 1.54) is 5.56 Å². The molecule has 4 nitrogen and oxygen atoms in total. The lowest BCUT2D eigenvalue weighted by molar-refractivity contribution is 0.100. The highest BCUT2D eigenvalue weighted by Crippen LogP contribution is 2.18. The molecule has 5 N–H and O–H groups in total. The van der Waals surface area contributed by atoms with Crippen LogP contribution in [0, 0.1) is 0 Å². The summed E-state index contributed by atoms with van der Waals surface area (Å²) in [5, 5.41) is 3.20. The first-order chi connectivity index (χ1) is 9.16. The second kappa shape index (κ2) is 5.91. The Bertz CT molecular complexity index is 567. The van der Waals surface area contributed by atoms with Crippen LogP contribution in [0.4, 0.5) is 11.4 Å². The van der Waals surface area contributed by atoms with Crippen LogP contribution in [0.3, 0.4) is 0 Å². The van der Waals surface area contributed by atoms with Crippen LogP contribution >= 0.6 is 0 Å². The Hall–Kier alpha value is -2.49. The van der Waals surface area contributed by atoms with E-state index in [9.17, 15) is 4.79 Å². The molecule has 0 heterocycles. The van der Waals surface area contributed by atoms with Gasteiger partial charge < -0.3 is 16.8 Å². The molecule has 0 radical (unpaired) electrons. The van der Waals surface area contributed by atoms with Gasteiger partial charge in [0.25, 0.3) is 5.91 Å². The molecule has 0 aliphatic carbocycles. The van der Waals surface area contributed by atoms with Crippen LogP contribution in [0.15, 0.2) is 48.5 Å². The molecule has 19 heavy (non-hydrogen) atoms. The summed E-state index contributed by atoms with van der Waals surface area (Å²) < 4.78 is 0. The monoisotopic (exact) mass is 255 g/mol. The number of nitrogen functional groups attached to an aromatic ring is 1. The number of carbonyl (C=O) groups excluding carboxylic acids is 1. The van der Waals surface area contributed by atoms with Crippen molar-refractivity contribution in [1.82, 2.24) is 0 Å². The normalized spacial score (nSPS) is 10.1. The Morgan fingerprint density at radius 2 is 1.84 bits per heavy atom. The summed E-state index contributed by atoms with van der Waals surface area (Å²) in [7, 11) is 0. The van der Waals surface area contributed by atoms with Gasteiger partial charge in [0.15, 0.2) is 0 Å². The quantitative estimate of drug-likeness (QED) is 0.715. The Labute approximate surface area is 112 Å². The molecule has 2 aromatic rings. The first kappa shape index (κ1) is 13.0. The topological polar surface area (TPSA) is 81.1 Å². The van der Waals surface area contributed by atoms with E-state index >= 15 is 0 Å². The Kier molecular flexibility index (Phi) is 4.03. The summed E-state index contributed by atoms with van der Waals surface area (Å²) >= 11 is 0. The van der Waals surface area contributed by atoms with Crippen molar-refractivity contribution in [3.63, 3.8) is 0 Å². The Morgan fingerprint density at radius 3 is 2.53 bits per heavy atom. The van der Waals surface area contributed by atoms with Crippen LogP contribution in [0.2, 0.25) is 0 Å². The minimum atomic E-state index is -0.456. The number of hydrogen-bond donors (Lipinski definition) is 3. The largest absolute Gasteiger partial charge is 0.399 e. The number of nitrogens with one attached hydrogen (secondary N) is 1. The Balaban J connectivity index is 2.03. The van der Waals surface area contributed by atoms with Gasteiger partial charge in [0.2, 0.25) is 0 Å². The average molecular weight is 255 g/mol. The van der Waals surface area contributed by atoms with Crippen molar-refractivity contribution in [3.05, 3.63) is 59.7 Å². The second-order valence-corrected chi connectivity index (χ2v) is 4.33. The predicted octanol–water partition coefficient (Wildman–Crippen LogP) is 2.02. The van der Waals surface area contributed by atoms with E-state index < -0.39 is 5.91 Å². The lowest BCUT2D eigenvalue weighted by Gasteiger charge is -2.11. The highest BCUT2D eigenvalue weighted by molar-refractivity contribution is 5.99. The third-order valence-electron chi connectivity index (χ3n) is 2.88. The van der Waals surface area contributed by atoms with Crippen molar-refractivity contribution in [1.29, 1.82) is 0 Å². The minimum Gasteiger partial charge on any atom is -0.399 e. The van der Waals surface area contributed by atoms with Gasteiger partial charge in [-0.2, -0.15) is 0 Å². The number of anilines is 2. The maximum atomic E-state index is 11.3. The standard InChI is InChI=1S/C15H17N3O/c16-12-6-7-13(15(17)19)14(10-12)18-9-8-11-4-2-1-3-5-11/h1-7,10,18H,8-9,16H2,(H2,17,19). The smallest absolute Gasteiger partial charge is 0.250 e. The van der Waals surface area contributed by atoms with E-state index in [2.05, 4.69) is 17.4 Å².